The number of aromatic nitrogens is 1. The van der Waals surface area contributed by atoms with Crippen molar-refractivity contribution in [3.05, 3.63) is 30.5 Å². The Morgan fingerprint density at radius 3 is 2.74 bits per heavy atom. The fraction of sp³-hybridized carbons (Fsp3) is 0.467. The van der Waals surface area contributed by atoms with Gasteiger partial charge in [-0.3, -0.25) is 0 Å². The van der Waals surface area contributed by atoms with Crippen molar-refractivity contribution in [2.24, 2.45) is 0 Å². The number of methoxy groups -OCH3 is 2. The fourth-order valence-corrected chi connectivity index (χ4v) is 2.07. The average molecular weight is 263 g/mol. The Bertz CT molecular complexity index is 507. The molecule has 0 aliphatic carbocycles. The molecule has 0 saturated carbocycles. The van der Waals surface area contributed by atoms with Crippen molar-refractivity contribution in [3.63, 3.8) is 0 Å². The molecule has 2 rings (SSSR count). The normalized spacial score (nSPS) is 11.1. The summed E-state index contributed by atoms with van der Waals surface area (Å²) in [6.07, 6.45) is 3.03. The van der Waals surface area contributed by atoms with Crippen molar-refractivity contribution in [1.29, 1.82) is 0 Å². The van der Waals surface area contributed by atoms with Crippen LogP contribution in [0.4, 0.5) is 0 Å². The summed E-state index contributed by atoms with van der Waals surface area (Å²) < 4.78 is 18.0. The Hall–Kier alpha value is -1.52. The number of fused-ring (bicyclic) bond motifs is 1. The third kappa shape index (κ3) is 3.72. The Morgan fingerprint density at radius 2 is 1.95 bits per heavy atom. The molecule has 19 heavy (non-hydrogen) atoms. The van der Waals surface area contributed by atoms with Gasteiger partial charge < -0.3 is 18.8 Å². The lowest BCUT2D eigenvalue weighted by Gasteiger charge is -2.07. The van der Waals surface area contributed by atoms with Crippen molar-refractivity contribution in [2.45, 2.75) is 13.0 Å². The van der Waals surface area contributed by atoms with Crippen LogP contribution in [0.5, 0.6) is 5.75 Å². The molecule has 0 N–H and O–H groups in total. The molecule has 0 aliphatic heterocycles. The molecule has 1 aromatic heterocycles. The van der Waals surface area contributed by atoms with E-state index in [-0.39, 0.29) is 0 Å². The molecule has 0 aliphatic rings. The Morgan fingerprint density at radius 1 is 1.05 bits per heavy atom. The zero-order chi connectivity index (χ0) is 13.5. The molecule has 0 atom stereocenters. The van der Waals surface area contributed by atoms with Crippen LogP contribution in [0.25, 0.3) is 10.9 Å². The molecule has 1 heterocycles. The Balaban J connectivity index is 1.87. The van der Waals surface area contributed by atoms with Gasteiger partial charge in [0, 0.05) is 44.0 Å². The van der Waals surface area contributed by atoms with Gasteiger partial charge in [0.2, 0.25) is 0 Å². The maximum absolute atomic E-state index is 5.58. The molecule has 4 nitrogen and oxygen atoms in total. The summed E-state index contributed by atoms with van der Waals surface area (Å²) in [5.41, 5.74) is 1.21. The van der Waals surface area contributed by atoms with Gasteiger partial charge in [-0.05, 0) is 30.7 Å². The van der Waals surface area contributed by atoms with E-state index in [9.17, 15) is 0 Å². The second-order valence-electron chi connectivity index (χ2n) is 4.39. The average Bonchev–Trinajstić information content (AvgIpc) is 2.85. The van der Waals surface area contributed by atoms with E-state index in [2.05, 4.69) is 22.9 Å². The van der Waals surface area contributed by atoms with Gasteiger partial charge in [-0.15, -0.1) is 0 Å². The molecule has 0 saturated heterocycles. The van der Waals surface area contributed by atoms with Gasteiger partial charge in [-0.1, -0.05) is 0 Å². The highest BCUT2D eigenvalue weighted by atomic mass is 16.5. The van der Waals surface area contributed by atoms with Crippen molar-refractivity contribution in [1.82, 2.24) is 4.57 Å². The summed E-state index contributed by atoms with van der Waals surface area (Å²) in [5.74, 6) is 0.890. The van der Waals surface area contributed by atoms with Crippen LogP contribution in [0.1, 0.15) is 6.42 Å². The third-order valence-electron chi connectivity index (χ3n) is 3.09. The molecule has 0 unspecified atom stereocenters. The van der Waals surface area contributed by atoms with E-state index in [1.807, 2.05) is 12.1 Å². The highest BCUT2D eigenvalue weighted by Gasteiger charge is 2.02. The van der Waals surface area contributed by atoms with Crippen LogP contribution in [0, 0.1) is 0 Å². The monoisotopic (exact) mass is 263 g/mol. The summed E-state index contributed by atoms with van der Waals surface area (Å²) in [7, 11) is 3.40. The third-order valence-corrected chi connectivity index (χ3v) is 3.09. The molecular weight excluding hydrogens is 242 g/mol. The van der Waals surface area contributed by atoms with E-state index in [1.54, 1.807) is 14.2 Å². The zero-order valence-electron chi connectivity index (χ0n) is 11.6. The van der Waals surface area contributed by atoms with E-state index in [0.29, 0.717) is 0 Å². The lowest BCUT2D eigenvalue weighted by Crippen LogP contribution is -2.07. The Labute approximate surface area is 113 Å². The van der Waals surface area contributed by atoms with Crippen molar-refractivity contribution < 1.29 is 14.2 Å². The number of ether oxygens (including phenoxy) is 3. The molecule has 0 bridgehead atoms. The van der Waals surface area contributed by atoms with Crippen LogP contribution in [0.2, 0.25) is 0 Å². The number of rotatable bonds is 8. The predicted molar refractivity (Wildman–Crippen MR) is 75.8 cm³/mol. The lowest BCUT2D eigenvalue weighted by molar-refractivity contribution is 0.0982. The van der Waals surface area contributed by atoms with Gasteiger partial charge in [0.1, 0.15) is 5.75 Å². The summed E-state index contributed by atoms with van der Waals surface area (Å²) in [6, 6.07) is 8.21. The maximum Gasteiger partial charge on any atom is 0.119 e. The Kier molecular flexibility index (Phi) is 5.24. The van der Waals surface area contributed by atoms with Gasteiger partial charge in [0.05, 0.1) is 13.7 Å². The van der Waals surface area contributed by atoms with Gasteiger partial charge in [0.15, 0.2) is 0 Å². The molecule has 104 valence electrons. The van der Waals surface area contributed by atoms with Crippen LogP contribution in [0.3, 0.4) is 0 Å². The fourth-order valence-electron chi connectivity index (χ4n) is 2.07. The van der Waals surface area contributed by atoms with Crippen molar-refractivity contribution >= 4 is 10.9 Å². The second-order valence-corrected chi connectivity index (χ2v) is 4.39. The topological polar surface area (TPSA) is 32.6 Å². The first kappa shape index (κ1) is 13.9. The van der Waals surface area contributed by atoms with Gasteiger partial charge >= 0.3 is 0 Å². The highest BCUT2D eigenvalue weighted by molar-refractivity contribution is 5.81. The molecular formula is C15H21NO3. The number of nitrogens with zero attached hydrogens (tertiary/aromatic N) is 1. The molecule has 0 spiro atoms. The minimum absolute atomic E-state index is 0.722. The van der Waals surface area contributed by atoms with E-state index in [4.69, 9.17) is 14.2 Å². The second kappa shape index (κ2) is 7.16. The van der Waals surface area contributed by atoms with Crippen LogP contribution >= 0.6 is 0 Å². The van der Waals surface area contributed by atoms with Crippen LogP contribution < -0.4 is 4.74 Å². The first-order valence-corrected chi connectivity index (χ1v) is 6.54. The molecule has 0 amide bonds. The van der Waals surface area contributed by atoms with Gasteiger partial charge in [-0.25, -0.2) is 0 Å². The molecule has 1 aromatic carbocycles. The molecule has 0 radical (unpaired) electrons. The van der Waals surface area contributed by atoms with Crippen LogP contribution in [-0.2, 0) is 16.0 Å². The minimum atomic E-state index is 0.722. The smallest absolute Gasteiger partial charge is 0.119 e. The first-order chi connectivity index (χ1) is 9.35. The number of hydrogen-bond donors (Lipinski definition) is 0. The van der Waals surface area contributed by atoms with Gasteiger partial charge in [-0.2, -0.15) is 0 Å². The first-order valence-electron chi connectivity index (χ1n) is 6.54. The quantitative estimate of drug-likeness (QED) is 0.686. The van der Waals surface area contributed by atoms with Crippen molar-refractivity contribution in [2.75, 3.05) is 34.0 Å². The standard InChI is InChI=1S/C15H21NO3/c1-17-9-3-10-19-11-8-16-7-6-13-12-14(18-2)4-5-15(13)16/h4-7,12H,3,8-11H2,1-2H3. The van der Waals surface area contributed by atoms with E-state index in [1.165, 1.54) is 10.9 Å². The lowest BCUT2D eigenvalue weighted by atomic mass is 10.2. The minimum Gasteiger partial charge on any atom is -0.497 e. The molecule has 4 heteroatoms. The number of benzene rings is 1. The largest absolute Gasteiger partial charge is 0.497 e. The zero-order valence-corrected chi connectivity index (χ0v) is 11.6. The van der Waals surface area contributed by atoms with Crippen molar-refractivity contribution in [3.8, 4) is 5.75 Å². The van der Waals surface area contributed by atoms with Gasteiger partial charge in [0.25, 0.3) is 0 Å². The van der Waals surface area contributed by atoms with E-state index in [0.717, 1.165) is 38.5 Å². The van der Waals surface area contributed by atoms with Crippen LogP contribution in [-0.4, -0.2) is 38.6 Å². The number of hydrogen-bond acceptors (Lipinski definition) is 3. The highest BCUT2D eigenvalue weighted by Crippen LogP contribution is 2.21. The SMILES string of the molecule is COCCCOCCn1ccc2cc(OC)ccc21. The summed E-state index contributed by atoms with van der Waals surface area (Å²) >= 11 is 0. The van der Waals surface area contributed by atoms with Crippen LogP contribution in [0.15, 0.2) is 30.5 Å². The summed E-state index contributed by atoms with van der Waals surface area (Å²) in [4.78, 5) is 0. The predicted octanol–water partition coefficient (Wildman–Crippen LogP) is 2.70. The maximum atomic E-state index is 5.58. The molecule has 0 fully saturated rings. The summed E-state index contributed by atoms with van der Waals surface area (Å²) in [5, 5.41) is 1.19. The van der Waals surface area contributed by atoms with E-state index >= 15 is 0 Å². The molecule has 2 aromatic rings. The van der Waals surface area contributed by atoms with E-state index < -0.39 is 0 Å². The summed E-state index contributed by atoms with van der Waals surface area (Å²) in [6.45, 7) is 3.09.